The highest BCUT2D eigenvalue weighted by molar-refractivity contribution is 7.89. The lowest BCUT2D eigenvalue weighted by atomic mass is 10.1. The molecule has 2 heterocycles. The van der Waals surface area contributed by atoms with Crippen molar-refractivity contribution in [3.63, 3.8) is 0 Å². The molecule has 22 heavy (non-hydrogen) atoms. The Morgan fingerprint density at radius 2 is 1.95 bits per heavy atom. The number of halogens is 1. The summed E-state index contributed by atoms with van der Waals surface area (Å²) in [5.74, 6) is -0.427. The van der Waals surface area contributed by atoms with Crippen LogP contribution in [0.5, 0.6) is 0 Å². The van der Waals surface area contributed by atoms with Gasteiger partial charge in [0.05, 0.1) is 10.9 Å². The molecule has 1 aliphatic heterocycles. The number of hydrogen-bond donors (Lipinski definition) is 0. The van der Waals surface area contributed by atoms with Crippen LogP contribution in [-0.4, -0.2) is 24.3 Å². The van der Waals surface area contributed by atoms with E-state index < -0.39 is 15.8 Å². The van der Waals surface area contributed by atoms with E-state index in [0.717, 1.165) is 18.4 Å². The van der Waals surface area contributed by atoms with Crippen LogP contribution in [0, 0.1) is 12.7 Å². The number of nitrogens with zero attached hydrogens (tertiary/aromatic N) is 2. The van der Waals surface area contributed by atoms with Crippen LogP contribution in [0.15, 0.2) is 47.6 Å². The summed E-state index contributed by atoms with van der Waals surface area (Å²) in [5, 5.41) is 0. The maximum Gasteiger partial charge on any atom is 0.243 e. The Bertz CT molecular complexity index is 778. The molecule has 0 bridgehead atoms. The molecule has 0 N–H and O–H groups in total. The smallest absolute Gasteiger partial charge is 0.243 e. The number of benzene rings is 1. The van der Waals surface area contributed by atoms with Crippen LogP contribution in [0.3, 0.4) is 0 Å². The van der Waals surface area contributed by atoms with Crippen molar-refractivity contribution in [1.29, 1.82) is 0 Å². The average Bonchev–Trinajstić information content (AvgIpc) is 2.98. The van der Waals surface area contributed by atoms with Crippen molar-refractivity contribution in [1.82, 2.24) is 9.29 Å². The molecule has 116 valence electrons. The molecule has 0 unspecified atom stereocenters. The molecule has 6 heteroatoms. The van der Waals surface area contributed by atoms with E-state index in [1.165, 1.54) is 22.5 Å². The Kier molecular flexibility index (Phi) is 3.97. The van der Waals surface area contributed by atoms with Crippen LogP contribution >= 0.6 is 0 Å². The van der Waals surface area contributed by atoms with E-state index in [-0.39, 0.29) is 10.9 Å². The van der Waals surface area contributed by atoms with Crippen molar-refractivity contribution in [3.05, 3.63) is 59.7 Å². The molecule has 1 aromatic heterocycles. The Balaban J connectivity index is 2.01. The molecule has 1 aromatic carbocycles. The number of hydrogen-bond acceptors (Lipinski definition) is 3. The van der Waals surface area contributed by atoms with Gasteiger partial charge in [0.1, 0.15) is 5.82 Å². The van der Waals surface area contributed by atoms with Gasteiger partial charge in [0, 0.05) is 18.9 Å². The molecule has 1 aliphatic rings. The summed E-state index contributed by atoms with van der Waals surface area (Å²) in [6, 6.07) is 7.30. The monoisotopic (exact) mass is 320 g/mol. The maximum atomic E-state index is 13.2. The second-order valence-electron chi connectivity index (χ2n) is 5.46. The number of aromatic nitrogens is 1. The minimum Gasteiger partial charge on any atom is -0.265 e. The van der Waals surface area contributed by atoms with Gasteiger partial charge in [-0.15, -0.1) is 0 Å². The van der Waals surface area contributed by atoms with Crippen LogP contribution in [0.25, 0.3) is 0 Å². The first kappa shape index (κ1) is 15.1. The molecule has 2 aromatic rings. The summed E-state index contributed by atoms with van der Waals surface area (Å²) in [5.41, 5.74) is 1.37. The van der Waals surface area contributed by atoms with Crippen molar-refractivity contribution >= 4 is 10.0 Å². The normalized spacial score (nSPS) is 19.5. The summed E-state index contributed by atoms with van der Waals surface area (Å²) < 4.78 is 40.6. The zero-order valence-corrected chi connectivity index (χ0v) is 13.1. The Labute approximate surface area is 129 Å². The van der Waals surface area contributed by atoms with E-state index >= 15 is 0 Å². The highest BCUT2D eigenvalue weighted by Crippen LogP contribution is 2.36. The lowest BCUT2D eigenvalue weighted by molar-refractivity contribution is 0.396. The molecule has 0 radical (unpaired) electrons. The van der Waals surface area contributed by atoms with Gasteiger partial charge in [0.15, 0.2) is 0 Å². The Hall–Kier alpha value is -1.79. The van der Waals surface area contributed by atoms with Gasteiger partial charge in [-0.2, -0.15) is 4.31 Å². The van der Waals surface area contributed by atoms with Gasteiger partial charge < -0.3 is 0 Å². The van der Waals surface area contributed by atoms with Crippen molar-refractivity contribution in [3.8, 4) is 0 Å². The predicted molar refractivity (Wildman–Crippen MR) is 81.2 cm³/mol. The lowest BCUT2D eigenvalue weighted by Crippen LogP contribution is -2.31. The van der Waals surface area contributed by atoms with Gasteiger partial charge >= 0.3 is 0 Å². The molecular formula is C16H17FN2O2S. The fourth-order valence-corrected chi connectivity index (χ4v) is 4.87. The third-order valence-corrected chi connectivity index (χ3v) is 6.09. The lowest BCUT2D eigenvalue weighted by Gasteiger charge is -2.25. The quantitative estimate of drug-likeness (QED) is 0.873. The third kappa shape index (κ3) is 2.64. The SMILES string of the molecule is Cc1cc(F)ccc1S(=O)(=O)N1CCC[C@H]1c1ccncc1. The van der Waals surface area contributed by atoms with Gasteiger partial charge in [-0.05, 0) is 61.2 Å². The number of pyridine rings is 1. The third-order valence-electron chi connectivity index (χ3n) is 4.02. The molecule has 1 atom stereocenters. The van der Waals surface area contributed by atoms with Crippen LogP contribution in [0.4, 0.5) is 4.39 Å². The summed E-state index contributed by atoms with van der Waals surface area (Å²) in [6.07, 6.45) is 4.93. The van der Waals surface area contributed by atoms with Gasteiger partial charge in [0.25, 0.3) is 0 Å². The van der Waals surface area contributed by atoms with E-state index in [1.807, 2.05) is 12.1 Å². The topological polar surface area (TPSA) is 50.3 Å². The molecular weight excluding hydrogens is 303 g/mol. The van der Waals surface area contributed by atoms with Crippen molar-refractivity contribution < 1.29 is 12.8 Å². The van der Waals surface area contributed by atoms with Gasteiger partial charge in [-0.25, -0.2) is 12.8 Å². The Morgan fingerprint density at radius 1 is 1.23 bits per heavy atom. The van der Waals surface area contributed by atoms with E-state index in [9.17, 15) is 12.8 Å². The van der Waals surface area contributed by atoms with Crippen LogP contribution < -0.4 is 0 Å². The maximum absolute atomic E-state index is 13.2. The minimum absolute atomic E-state index is 0.176. The molecule has 1 saturated heterocycles. The van der Waals surface area contributed by atoms with Crippen molar-refractivity contribution in [2.75, 3.05) is 6.54 Å². The molecule has 0 saturated carbocycles. The van der Waals surface area contributed by atoms with Crippen molar-refractivity contribution in [2.24, 2.45) is 0 Å². The zero-order valence-electron chi connectivity index (χ0n) is 12.2. The summed E-state index contributed by atoms with van der Waals surface area (Å²) >= 11 is 0. The van der Waals surface area contributed by atoms with Gasteiger partial charge in [-0.1, -0.05) is 0 Å². The number of aryl methyl sites for hydroxylation is 1. The Morgan fingerprint density at radius 3 is 2.64 bits per heavy atom. The molecule has 4 nitrogen and oxygen atoms in total. The standard InChI is InChI=1S/C16H17FN2O2S/c1-12-11-14(17)4-5-16(12)22(20,21)19-10-2-3-15(19)13-6-8-18-9-7-13/h4-9,11,15H,2-3,10H2,1H3/t15-/m0/s1. The minimum atomic E-state index is -3.64. The molecule has 3 rings (SSSR count). The number of sulfonamides is 1. The fraction of sp³-hybridized carbons (Fsp3) is 0.312. The van der Waals surface area contributed by atoms with E-state index in [1.54, 1.807) is 19.3 Å². The first-order valence-electron chi connectivity index (χ1n) is 7.18. The van der Waals surface area contributed by atoms with Crippen LogP contribution in [0.2, 0.25) is 0 Å². The van der Waals surface area contributed by atoms with Crippen LogP contribution in [0.1, 0.15) is 30.0 Å². The summed E-state index contributed by atoms with van der Waals surface area (Å²) in [4.78, 5) is 4.15. The van der Waals surface area contributed by atoms with E-state index in [0.29, 0.717) is 12.1 Å². The van der Waals surface area contributed by atoms with E-state index in [2.05, 4.69) is 4.98 Å². The first-order valence-corrected chi connectivity index (χ1v) is 8.62. The largest absolute Gasteiger partial charge is 0.265 e. The predicted octanol–water partition coefficient (Wildman–Crippen LogP) is 3.05. The second kappa shape index (κ2) is 5.78. The fourth-order valence-electron chi connectivity index (χ4n) is 2.98. The average molecular weight is 320 g/mol. The molecule has 0 amide bonds. The summed E-state index contributed by atoms with van der Waals surface area (Å²) in [6.45, 7) is 2.10. The van der Waals surface area contributed by atoms with Crippen molar-refractivity contribution in [2.45, 2.75) is 30.7 Å². The van der Waals surface area contributed by atoms with Gasteiger partial charge in [-0.3, -0.25) is 4.98 Å². The zero-order chi connectivity index (χ0) is 15.7. The molecule has 0 aliphatic carbocycles. The first-order chi connectivity index (χ1) is 10.5. The molecule has 1 fully saturated rings. The highest BCUT2D eigenvalue weighted by atomic mass is 32.2. The number of rotatable bonds is 3. The summed E-state index contributed by atoms with van der Waals surface area (Å²) in [7, 11) is -3.64. The second-order valence-corrected chi connectivity index (χ2v) is 7.32. The molecule has 0 spiro atoms. The van der Waals surface area contributed by atoms with Gasteiger partial charge in [0.2, 0.25) is 10.0 Å². The van der Waals surface area contributed by atoms with E-state index in [4.69, 9.17) is 0 Å². The van der Waals surface area contributed by atoms with Crippen LogP contribution in [-0.2, 0) is 10.0 Å². The highest BCUT2D eigenvalue weighted by Gasteiger charge is 2.36.